The average molecular weight is 300 g/mol. The Morgan fingerprint density at radius 1 is 1.27 bits per heavy atom. The van der Waals surface area contributed by atoms with Crippen molar-refractivity contribution in [3.05, 3.63) is 45.7 Å². The van der Waals surface area contributed by atoms with E-state index in [2.05, 4.69) is 0 Å². The minimum Gasteiger partial charge on any atom is -0.378 e. The standard InChI is InChI=1S/C17H20N2O3/c1-3-18-11-14(17(21)19-6-8-22-9-7-19)16(20)13-10-12(2)4-5-15(13)18/h4-5,10-11H,3,6-9H2,1-2H3. The maximum absolute atomic E-state index is 12.7. The van der Waals surface area contributed by atoms with Crippen molar-refractivity contribution in [1.82, 2.24) is 9.47 Å². The first-order valence-corrected chi connectivity index (χ1v) is 7.62. The number of pyridine rings is 1. The van der Waals surface area contributed by atoms with Gasteiger partial charge in [-0.1, -0.05) is 11.6 Å². The second-order valence-corrected chi connectivity index (χ2v) is 5.58. The van der Waals surface area contributed by atoms with Crippen LogP contribution in [0.25, 0.3) is 10.9 Å². The second kappa shape index (κ2) is 5.93. The van der Waals surface area contributed by atoms with Gasteiger partial charge in [0.25, 0.3) is 5.91 Å². The molecule has 2 aromatic rings. The van der Waals surface area contributed by atoms with Crippen molar-refractivity contribution in [2.24, 2.45) is 0 Å². The Balaban J connectivity index is 2.15. The fourth-order valence-corrected chi connectivity index (χ4v) is 2.86. The highest BCUT2D eigenvalue weighted by Gasteiger charge is 2.22. The average Bonchev–Trinajstić information content (AvgIpc) is 2.56. The first-order chi connectivity index (χ1) is 10.6. The van der Waals surface area contributed by atoms with E-state index in [9.17, 15) is 9.59 Å². The Morgan fingerprint density at radius 2 is 2.00 bits per heavy atom. The number of hydrogen-bond donors (Lipinski definition) is 0. The van der Waals surface area contributed by atoms with Gasteiger partial charge in [0.15, 0.2) is 0 Å². The van der Waals surface area contributed by atoms with Gasteiger partial charge in [0.1, 0.15) is 5.56 Å². The summed E-state index contributed by atoms with van der Waals surface area (Å²) in [5.74, 6) is -0.195. The fourth-order valence-electron chi connectivity index (χ4n) is 2.86. The SMILES string of the molecule is CCn1cc(C(=O)N2CCOCC2)c(=O)c2cc(C)ccc21. The summed E-state index contributed by atoms with van der Waals surface area (Å²) < 4.78 is 7.23. The summed E-state index contributed by atoms with van der Waals surface area (Å²) >= 11 is 0. The molecule has 5 nitrogen and oxygen atoms in total. The van der Waals surface area contributed by atoms with Gasteiger partial charge in [0.05, 0.1) is 18.7 Å². The zero-order chi connectivity index (χ0) is 15.7. The molecule has 0 aliphatic carbocycles. The van der Waals surface area contributed by atoms with Crippen LogP contribution in [0.3, 0.4) is 0 Å². The highest BCUT2D eigenvalue weighted by Crippen LogP contribution is 2.15. The number of nitrogens with zero attached hydrogens (tertiary/aromatic N) is 2. The van der Waals surface area contributed by atoms with Crippen LogP contribution >= 0.6 is 0 Å². The van der Waals surface area contributed by atoms with E-state index in [1.54, 1.807) is 11.1 Å². The minimum absolute atomic E-state index is 0.181. The molecule has 22 heavy (non-hydrogen) atoms. The molecule has 116 valence electrons. The van der Waals surface area contributed by atoms with E-state index >= 15 is 0 Å². The van der Waals surface area contributed by atoms with Crippen molar-refractivity contribution in [3.8, 4) is 0 Å². The van der Waals surface area contributed by atoms with Crippen molar-refractivity contribution in [2.75, 3.05) is 26.3 Å². The predicted molar refractivity (Wildman–Crippen MR) is 85.3 cm³/mol. The maximum Gasteiger partial charge on any atom is 0.259 e. The van der Waals surface area contributed by atoms with Gasteiger partial charge in [0.2, 0.25) is 5.43 Å². The number of carbonyl (C=O) groups is 1. The highest BCUT2D eigenvalue weighted by molar-refractivity contribution is 5.97. The van der Waals surface area contributed by atoms with Crippen LogP contribution in [0.5, 0.6) is 0 Å². The molecule has 1 aliphatic heterocycles. The van der Waals surface area contributed by atoms with Crippen molar-refractivity contribution in [1.29, 1.82) is 0 Å². The van der Waals surface area contributed by atoms with Crippen LogP contribution in [0.4, 0.5) is 0 Å². The number of ether oxygens (including phenoxy) is 1. The van der Waals surface area contributed by atoms with E-state index in [-0.39, 0.29) is 16.9 Å². The van der Waals surface area contributed by atoms with E-state index in [4.69, 9.17) is 4.74 Å². The Kier molecular flexibility index (Phi) is 3.98. The Bertz CT molecular complexity index is 773. The van der Waals surface area contributed by atoms with Crippen LogP contribution in [-0.2, 0) is 11.3 Å². The number of hydrogen-bond acceptors (Lipinski definition) is 3. The second-order valence-electron chi connectivity index (χ2n) is 5.58. The molecule has 5 heteroatoms. The summed E-state index contributed by atoms with van der Waals surface area (Å²) in [6, 6.07) is 5.79. The quantitative estimate of drug-likeness (QED) is 0.850. The van der Waals surface area contributed by atoms with Crippen LogP contribution in [0.2, 0.25) is 0 Å². The zero-order valence-electron chi connectivity index (χ0n) is 13.0. The summed E-state index contributed by atoms with van der Waals surface area (Å²) in [6.07, 6.45) is 1.69. The maximum atomic E-state index is 12.7. The lowest BCUT2D eigenvalue weighted by Gasteiger charge is -2.27. The van der Waals surface area contributed by atoms with Gasteiger partial charge in [0, 0.05) is 31.2 Å². The van der Waals surface area contributed by atoms with E-state index in [0.717, 1.165) is 11.1 Å². The summed E-state index contributed by atoms with van der Waals surface area (Å²) in [4.78, 5) is 27.1. The lowest BCUT2D eigenvalue weighted by Crippen LogP contribution is -2.42. The number of morpholine rings is 1. The molecular weight excluding hydrogens is 280 g/mol. The van der Waals surface area contributed by atoms with Gasteiger partial charge >= 0.3 is 0 Å². The zero-order valence-corrected chi connectivity index (χ0v) is 13.0. The molecule has 3 rings (SSSR count). The van der Waals surface area contributed by atoms with Crippen LogP contribution in [-0.4, -0.2) is 41.7 Å². The molecule has 0 saturated carbocycles. The molecule has 0 radical (unpaired) electrons. The van der Waals surface area contributed by atoms with E-state index < -0.39 is 0 Å². The normalized spacial score (nSPS) is 15.3. The van der Waals surface area contributed by atoms with Crippen molar-refractivity contribution in [2.45, 2.75) is 20.4 Å². The highest BCUT2D eigenvalue weighted by atomic mass is 16.5. The molecule has 0 atom stereocenters. The lowest BCUT2D eigenvalue weighted by atomic mass is 10.1. The Morgan fingerprint density at radius 3 is 2.68 bits per heavy atom. The van der Waals surface area contributed by atoms with Gasteiger partial charge in [-0.3, -0.25) is 9.59 Å². The number of benzene rings is 1. The van der Waals surface area contributed by atoms with Crippen molar-refractivity contribution < 1.29 is 9.53 Å². The third kappa shape index (κ3) is 2.52. The Hall–Kier alpha value is -2.14. The first-order valence-electron chi connectivity index (χ1n) is 7.62. The molecule has 0 spiro atoms. The van der Waals surface area contributed by atoms with Crippen LogP contribution < -0.4 is 5.43 Å². The third-order valence-corrected chi connectivity index (χ3v) is 4.11. The summed E-state index contributed by atoms with van der Waals surface area (Å²) in [5, 5.41) is 0.612. The third-order valence-electron chi connectivity index (χ3n) is 4.11. The largest absolute Gasteiger partial charge is 0.378 e. The summed E-state index contributed by atoms with van der Waals surface area (Å²) in [6.45, 7) is 6.80. The molecule has 1 aliphatic rings. The van der Waals surface area contributed by atoms with Crippen LogP contribution in [0.1, 0.15) is 22.8 Å². The molecule has 0 unspecified atom stereocenters. The van der Waals surface area contributed by atoms with Gasteiger partial charge in [-0.2, -0.15) is 0 Å². The predicted octanol–water partition coefficient (Wildman–Crippen LogP) is 1.80. The number of aromatic nitrogens is 1. The lowest BCUT2D eigenvalue weighted by molar-refractivity contribution is 0.0301. The minimum atomic E-state index is -0.195. The molecule has 1 saturated heterocycles. The van der Waals surface area contributed by atoms with Crippen LogP contribution in [0.15, 0.2) is 29.2 Å². The Labute approximate surface area is 129 Å². The molecule has 1 aromatic carbocycles. The van der Waals surface area contributed by atoms with Gasteiger partial charge in [-0.15, -0.1) is 0 Å². The number of carbonyl (C=O) groups excluding carboxylic acids is 1. The smallest absolute Gasteiger partial charge is 0.259 e. The molecule has 0 bridgehead atoms. The summed E-state index contributed by atoms with van der Waals surface area (Å²) in [5.41, 5.74) is 1.96. The van der Waals surface area contributed by atoms with E-state index in [1.807, 2.05) is 36.6 Å². The molecule has 1 amide bonds. The molecule has 1 aromatic heterocycles. The molecule has 1 fully saturated rings. The van der Waals surface area contributed by atoms with Crippen molar-refractivity contribution in [3.63, 3.8) is 0 Å². The van der Waals surface area contributed by atoms with Gasteiger partial charge in [-0.25, -0.2) is 0 Å². The van der Waals surface area contributed by atoms with Gasteiger partial charge < -0.3 is 14.2 Å². The van der Waals surface area contributed by atoms with Crippen LogP contribution in [0, 0.1) is 6.92 Å². The molecular formula is C17H20N2O3. The monoisotopic (exact) mass is 300 g/mol. The van der Waals surface area contributed by atoms with E-state index in [1.165, 1.54) is 0 Å². The number of fused-ring (bicyclic) bond motifs is 1. The fraction of sp³-hybridized carbons (Fsp3) is 0.412. The van der Waals surface area contributed by atoms with Gasteiger partial charge in [-0.05, 0) is 26.0 Å². The number of aryl methyl sites for hydroxylation is 2. The topological polar surface area (TPSA) is 51.5 Å². The van der Waals surface area contributed by atoms with Crippen molar-refractivity contribution >= 4 is 16.8 Å². The van der Waals surface area contributed by atoms with E-state index in [0.29, 0.717) is 38.2 Å². The molecule has 2 heterocycles. The number of amides is 1. The number of rotatable bonds is 2. The summed E-state index contributed by atoms with van der Waals surface area (Å²) in [7, 11) is 0. The first kappa shape index (κ1) is 14.8. The molecule has 0 N–H and O–H groups in total.